The second-order valence-corrected chi connectivity index (χ2v) is 5.20. The molecule has 2 N–H and O–H groups in total. The SMILES string of the molecule is COc1ccc(C(=O)NCCNc2ccccc2[N+](=O)[O-])cc1OC(F)F. The molecule has 0 fully saturated rings. The van der Waals surface area contributed by atoms with Gasteiger partial charge in [-0.2, -0.15) is 8.78 Å². The smallest absolute Gasteiger partial charge is 0.387 e. The third kappa shape index (κ3) is 5.53. The van der Waals surface area contributed by atoms with Gasteiger partial charge in [0.25, 0.3) is 11.6 Å². The van der Waals surface area contributed by atoms with Crippen LogP contribution >= 0.6 is 0 Å². The van der Waals surface area contributed by atoms with Crippen LogP contribution in [0.4, 0.5) is 20.2 Å². The summed E-state index contributed by atoms with van der Waals surface area (Å²) in [6.45, 7) is -2.67. The van der Waals surface area contributed by atoms with E-state index in [0.29, 0.717) is 5.69 Å². The number of carbonyl (C=O) groups is 1. The average molecular weight is 381 g/mol. The number of para-hydroxylation sites is 2. The lowest BCUT2D eigenvalue weighted by molar-refractivity contribution is -0.384. The van der Waals surface area contributed by atoms with E-state index in [9.17, 15) is 23.7 Å². The van der Waals surface area contributed by atoms with Crippen molar-refractivity contribution < 1.29 is 28.0 Å². The highest BCUT2D eigenvalue weighted by Gasteiger charge is 2.15. The molecular weight excluding hydrogens is 364 g/mol. The highest BCUT2D eigenvalue weighted by atomic mass is 19.3. The summed E-state index contributed by atoms with van der Waals surface area (Å²) in [5.74, 6) is -0.691. The minimum Gasteiger partial charge on any atom is -0.493 e. The number of halogens is 2. The summed E-state index contributed by atoms with van der Waals surface area (Å²) in [6, 6.07) is 10.0. The van der Waals surface area contributed by atoms with Gasteiger partial charge < -0.3 is 20.1 Å². The molecule has 0 aliphatic rings. The van der Waals surface area contributed by atoms with E-state index in [4.69, 9.17) is 4.74 Å². The molecule has 0 aliphatic carbocycles. The van der Waals surface area contributed by atoms with E-state index in [2.05, 4.69) is 15.4 Å². The fourth-order valence-corrected chi connectivity index (χ4v) is 2.26. The summed E-state index contributed by atoms with van der Waals surface area (Å²) >= 11 is 0. The van der Waals surface area contributed by atoms with E-state index >= 15 is 0 Å². The molecule has 27 heavy (non-hydrogen) atoms. The van der Waals surface area contributed by atoms with Crippen LogP contribution in [0, 0.1) is 10.1 Å². The van der Waals surface area contributed by atoms with Crippen molar-refractivity contribution in [1.29, 1.82) is 0 Å². The van der Waals surface area contributed by atoms with Crippen LogP contribution in [0.25, 0.3) is 0 Å². The molecular formula is C17H17F2N3O5. The third-order valence-electron chi connectivity index (χ3n) is 3.47. The van der Waals surface area contributed by atoms with Crippen LogP contribution in [0.3, 0.4) is 0 Å². The van der Waals surface area contributed by atoms with Crippen LogP contribution in [-0.2, 0) is 0 Å². The maximum atomic E-state index is 12.4. The Hall–Kier alpha value is -3.43. The number of nitrogens with zero attached hydrogens (tertiary/aromatic N) is 1. The maximum Gasteiger partial charge on any atom is 0.387 e. The summed E-state index contributed by atoms with van der Waals surface area (Å²) in [5, 5.41) is 16.4. The molecule has 0 atom stereocenters. The first kappa shape index (κ1) is 19.9. The van der Waals surface area contributed by atoms with Gasteiger partial charge in [-0.3, -0.25) is 14.9 Å². The van der Waals surface area contributed by atoms with Crippen molar-refractivity contribution in [3.63, 3.8) is 0 Å². The van der Waals surface area contributed by atoms with Crippen molar-refractivity contribution in [2.45, 2.75) is 6.61 Å². The number of nitrogens with one attached hydrogen (secondary N) is 2. The zero-order valence-corrected chi connectivity index (χ0v) is 14.3. The van der Waals surface area contributed by atoms with Gasteiger partial charge in [0.15, 0.2) is 11.5 Å². The minimum absolute atomic E-state index is 0.0740. The number of benzene rings is 2. The predicted octanol–water partition coefficient (Wildman–Crippen LogP) is 3.05. The molecule has 0 radical (unpaired) electrons. The second kappa shape index (κ2) is 9.32. The molecule has 2 aromatic rings. The van der Waals surface area contributed by atoms with E-state index in [1.165, 1.54) is 25.3 Å². The summed E-state index contributed by atoms with van der Waals surface area (Å²) in [7, 11) is 1.29. The molecule has 2 aromatic carbocycles. The number of rotatable bonds is 9. The molecule has 2 rings (SSSR count). The Labute approximate surface area is 153 Å². The lowest BCUT2D eigenvalue weighted by atomic mass is 10.2. The molecule has 0 bridgehead atoms. The highest BCUT2D eigenvalue weighted by molar-refractivity contribution is 5.94. The number of anilines is 1. The Bertz CT molecular complexity index is 817. The lowest BCUT2D eigenvalue weighted by Gasteiger charge is -2.12. The van der Waals surface area contributed by atoms with Crippen molar-refractivity contribution in [3.8, 4) is 11.5 Å². The largest absolute Gasteiger partial charge is 0.493 e. The van der Waals surface area contributed by atoms with Crippen molar-refractivity contribution in [1.82, 2.24) is 5.32 Å². The summed E-state index contributed by atoms with van der Waals surface area (Å²) < 4.78 is 34.1. The maximum absolute atomic E-state index is 12.4. The molecule has 1 amide bonds. The van der Waals surface area contributed by atoms with E-state index < -0.39 is 17.4 Å². The second-order valence-electron chi connectivity index (χ2n) is 5.20. The number of nitro benzene ring substituents is 1. The molecule has 8 nitrogen and oxygen atoms in total. The summed E-state index contributed by atoms with van der Waals surface area (Å²) in [6.07, 6.45) is 0. The number of hydrogen-bond acceptors (Lipinski definition) is 6. The standard InChI is InChI=1S/C17H17F2N3O5/c1-26-14-7-6-11(10-15(14)27-17(18)19)16(23)21-9-8-20-12-4-2-3-5-13(12)22(24)25/h2-7,10,17,20H,8-9H2,1H3,(H,21,23). The Morgan fingerprint density at radius 1 is 1.19 bits per heavy atom. The number of methoxy groups -OCH3 is 1. The van der Waals surface area contributed by atoms with E-state index in [1.54, 1.807) is 18.2 Å². The van der Waals surface area contributed by atoms with Crippen LogP contribution in [0.5, 0.6) is 11.5 Å². The van der Waals surface area contributed by atoms with Gasteiger partial charge in [-0.1, -0.05) is 12.1 Å². The first-order valence-corrected chi connectivity index (χ1v) is 7.80. The molecule has 0 saturated carbocycles. The number of carbonyl (C=O) groups excluding carboxylic acids is 1. The molecule has 0 heterocycles. The lowest BCUT2D eigenvalue weighted by Crippen LogP contribution is -2.28. The minimum atomic E-state index is -3.05. The average Bonchev–Trinajstić information content (AvgIpc) is 2.64. The first-order valence-electron chi connectivity index (χ1n) is 7.80. The van der Waals surface area contributed by atoms with Crippen LogP contribution in [-0.4, -0.2) is 37.6 Å². The predicted molar refractivity (Wildman–Crippen MR) is 93.5 cm³/mol. The Morgan fingerprint density at radius 3 is 2.59 bits per heavy atom. The zero-order valence-electron chi connectivity index (χ0n) is 14.3. The van der Waals surface area contributed by atoms with Gasteiger partial charge in [-0.05, 0) is 24.3 Å². The molecule has 0 aliphatic heterocycles. The van der Waals surface area contributed by atoms with Crippen molar-refractivity contribution in [2.24, 2.45) is 0 Å². The van der Waals surface area contributed by atoms with Gasteiger partial charge in [0.05, 0.1) is 12.0 Å². The quantitative estimate of drug-likeness (QED) is 0.393. The number of hydrogen-bond donors (Lipinski definition) is 2. The Balaban J connectivity index is 1.93. The fourth-order valence-electron chi connectivity index (χ4n) is 2.26. The van der Waals surface area contributed by atoms with Gasteiger partial charge >= 0.3 is 6.61 Å². The van der Waals surface area contributed by atoms with E-state index in [0.717, 1.165) is 6.07 Å². The molecule has 0 aromatic heterocycles. The van der Waals surface area contributed by atoms with Crippen molar-refractivity contribution in [2.75, 3.05) is 25.5 Å². The van der Waals surface area contributed by atoms with E-state index in [1.807, 2.05) is 0 Å². The van der Waals surface area contributed by atoms with E-state index in [-0.39, 0.29) is 35.8 Å². The van der Waals surface area contributed by atoms with Gasteiger partial charge in [-0.15, -0.1) is 0 Å². The number of ether oxygens (including phenoxy) is 2. The topological polar surface area (TPSA) is 103 Å². The molecule has 144 valence electrons. The van der Waals surface area contributed by atoms with Crippen LogP contribution in [0.1, 0.15) is 10.4 Å². The van der Waals surface area contributed by atoms with Gasteiger partial charge in [0.1, 0.15) is 5.69 Å². The van der Waals surface area contributed by atoms with Crippen LogP contribution in [0.15, 0.2) is 42.5 Å². The number of nitro groups is 1. The first-order chi connectivity index (χ1) is 12.9. The van der Waals surface area contributed by atoms with Gasteiger partial charge in [0, 0.05) is 24.7 Å². The van der Waals surface area contributed by atoms with Crippen LogP contribution in [0.2, 0.25) is 0 Å². The summed E-state index contributed by atoms with van der Waals surface area (Å²) in [4.78, 5) is 22.6. The Kier molecular flexibility index (Phi) is 6.86. The van der Waals surface area contributed by atoms with Crippen molar-refractivity contribution >= 4 is 17.3 Å². The normalized spacial score (nSPS) is 10.4. The Morgan fingerprint density at radius 2 is 1.93 bits per heavy atom. The zero-order chi connectivity index (χ0) is 19.8. The molecule has 0 spiro atoms. The third-order valence-corrected chi connectivity index (χ3v) is 3.47. The van der Waals surface area contributed by atoms with Gasteiger partial charge in [-0.25, -0.2) is 0 Å². The van der Waals surface area contributed by atoms with Crippen molar-refractivity contribution in [3.05, 3.63) is 58.1 Å². The number of amides is 1. The molecule has 10 heteroatoms. The monoisotopic (exact) mass is 381 g/mol. The summed E-state index contributed by atoms with van der Waals surface area (Å²) in [5.41, 5.74) is 0.360. The molecule has 0 unspecified atom stereocenters. The highest BCUT2D eigenvalue weighted by Crippen LogP contribution is 2.29. The fraction of sp³-hybridized carbons (Fsp3) is 0.235. The van der Waals surface area contributed by atoms with Crippen LogP contribution < -0.4 is 20.1 Å². The number of alkyl halides is 2. The molecule has 0 saturated heterocycles. The van der Waals surface area contributed by atoms with Gasteiger partial charge in [0.2, 0.25) is 0 Å².